The van der Waals surface area contributed by atoms with Crippen LogP contribution in [0.1, 0.15) is 25.3 Å². The van der Waals surface area contributed by atoms with Crippen molar-refractivity contribution in [1.29, 1.82) is 0 Å². The fraction of sp³-hybridized carbons (Fsp3) is 0.529. The average molecular weight is 302 g/mol. The lowest BCUT2D eigenvalue weighted by Gasteiger charge is -2.36. The van der Waals surface area contributed by atoms with E-state index >= 15 is 0 Å². The van der Waals surface area contributed by atoms with Crippen molar-refractivity contribution >= 4 is 11.8 Å². The van der Waals surface area contributed by atoms with Crippen LogP contribution in [0.4, 0.5) is 0 Å². The van der Waals surface area contributed by atoms with Crippen LogP contribution in [0.15, 0.2) is 24.3 Å². The molecule has 2 aliphatic rings. The highest BCUT2D eigenvalue weighted by atomic mass is 16.5. The third kappa shape index (κ3) is 2.56. The van der Waals surface area contributed by atoms with Crippen LogP contribution in [0, 0.1) is 0 Å². The number of piperazine rings is 1. The summed E-state index contributed by atoms with van der Waals surface area (Å²) in [6.07, 6.45) is 1.82. The van der Waals surface area contributed by atoms with Gasteiger partial charge in [-0.3, -0.25) is 9.59 Å². The quantitative estimate of drug-likeness (QED) is 0.848. The van der Waals surface area contributed by atoms with E-state index in [4.69, 9.17) is 4.74 Å². The molecule has 2 amide bonds. The fourth-order valence-electron chi connectivity index (χ4n) is 3.19. The summed E-state index contributed by atoms with van der Waals surface area (Å²) in [5.41, 5.74) is 0.734. The number of rotatable bonds is 3. The van der Waals surface area contributed by atoms with Crippen molar-refractivity contribution in [3.63, 3.8) is 0 Å². The van der Waals surface area contributed by atoms with Gasteiger partial charge < -0.3 is 14.5 Å². The molecule has 0 unspecified atom stereocenters. The zero-order valence-corrected chi connectivity index (χ0v) is 13.2. The monoisotopic (exact) mass is 302 g/mol. The lowest BCUT2D eigenvalue weighted by molar-refractivity contribution is -0.140. The Labute approximate surface area is 130 Å². The minimum atomic E-state index is -0.343. The molecule has 2 fully saturated rings. The highest BCUT2D eigenvalue weighted by molar-refractivity contribution is 5.91. The number of carbonyl (C=O) groups is 2. The van der Waals surface area contributed by atoms with E-state index in [1.54, 1.807) is 18.9 Å². The van der Waals surface area contributed by atoms with Crippen LogP contribution < -0.4 is 4.74 Å². The molecule has 22 heavy (non-hydrogen) atoms. The van der Waals surface area contributed by atoms with Crippen molar-refractivity contribution in [2.45, 2.75) is 25.2 Å². The van der Waals surface area contributed by atoms with Crippen molar-refractivity contribution in [3.05, 3.63) is 29.8 Å². The maximum Gasteiger partial charge on any atom is 0.233 e. The molecule has 3 rings (SSSR count). The molecule has 1 saturated heterocycles. The van der Waals surface area contributed by atoms with Gasteiger partial charge >= 0.3 is 0 Å². The number of benzene rings is 1. The first-order valence-electron chi connectivity index (χ1n) is 7.76. The Morgan fingerprint density at radius 2 is 1.55 bits per heavy atom. The summed E-state index contributed by atoms with van der Waals surface area (Å²) in [6, 6.07) is 7.82. The Hall–Kier alpha value is -2.04. The van der Waals surface area contributed by atoms with Crippen LogP contribution in [0.2, 0.25) is 0 Å². The molecule has 1 heterocycles. The van der Waals surface area contributed by atoms with Crippen LogP contribution in [0.5, 0.6) is 5.75 Å². The van der Waals surface area contributed by atoms with Gasteiger partial charge in [-0.1, -0.05) is 12.1 Å². The van der Waals surface area contributed by atoms with Gasteiger partial charge in [0.2, 0.25) is 11.8 Å². The van der Waals surface area contributed by atoms with Crippen molar-refractivity contribution < 1.29 is 14.3 Å². The second kappa shape index (κ2) is 5.63. The maximum atomic E-state index is 12.9. The van der Waals surface area contributed by atoms with Gasteiger partial charge in [0.25, 0.3) is 0 Å². The summed E-state index contributed by atoms with van der Waals surface area (Å²) < 4.78 is 5.18. The first kappa shape index (κ1) is 14.9. The Bertz CT molecular complexity index is 570. The minimum absolute atomic E-state index is 0.0865. The zero-order valence-electron chi connectivity index (χ0n) is 13.2. The Morgan fingerprint density at radius 1 is 1.00 bits per heavy atom. The molecule has 0 atom stereocenters. The van der Waals surface area contributed by atoms with Gasteiger partial charge in [-0.2, -0.15) is 0 Å². The molecular formula is C17H22N2O3. The number of amides is 2. The summed E-state index contributed by atoms with van der Waals surface area (Å²) >= 11 is 0. The van der Waals surface area contributed by atoms with E-state index in [1.165, 1.54) is 0 Å². The number of hydrogen-bond acceptors (Lipinski definition) is 3. The van der Waals surface area contributed by atoms with Crippen molar-refractivity contribution in [2.75, 3.05) is 33.3 Å². The third-order valence-electron chi connectivity index (χ3n) is 4.81. The van der Waals surface area contributed by atoms with Gasteiger partial charge in [-0.05, 0) is 30.5 Å². The first-order chi connectivity index (χ1) is 10.6. The molecule has 5 heteroatoms. The molecule has 0 radical (unpaired) electrons. The van der Waals surface area contributed by atoms with Gasteiger partial charge in [-0.15, -0.1) is 0 Å². The second-order valence-corrected chi connectivity index (χ2v) is 6.11. The molecule has 0 spiro atoms. The topological polar surface area (TPSA) is 49.9 Å². The standard InChI is InChI=1S/C17H22N2O3/c1-13(20)18-9-11-19(12-10-18)16(21)17(7-8-17)14-3-5-15(22-2)6-4-14/h3-6H,7-12H2,1-2H3. The van der Waals surface area contributed by atoms with Crippen molar-refractivity contribution in [3.8, 4) is 5.75 Å². The molecular weight excluding hydrogens is 280 g/mol. The normalized spacial score (nSPS) is 19.7. The summed E-state index contributed by atoms with van der Waals surface area (Å²) in [4.78, 5) is 28.0. The second-order valence-electron chi connectivity index (χ2n) is 6.11. The molecule has 5 nitrogen and oxygen atoms in total. The number of hydrogen-bond donors (Lipinski definition) is 0. The van der Waals surface area contributed by atoms with Gasteiger partial charge in [-0.25, -0.2) is 0 Å². The van der Waals surface area contributed by atoms with Gasteiger partial charge in [0, 0.05) is 33.1 Å². The molecule has 1 aliphatic carbocycles. The SMILES string of the molecule is COc1ccc(C2(C(=O)N3CCN(C(C)=O)CC3)CC2)cc1. The Morgan fingerprint density at radius 3 is 2.00 bits per heavy atom. The lowest BCUT2D eigenvalue weighted by Crippen LogP contribution is -2.52. The molecule has 1 aromatic carbocycles. The Balaban J connectivity index is 1.70. The predicted molar refractivity (Wildman–Crippen MR) is 82.7 cm³/mol. The van der Waals surface area contributed by atoms with Crippen LogP contribution in [0.3, 0.4) is 0 Å². The Kier molecular flexibility index (Phi) is 3.81. The van der Waals surface area contributed by atoms with E-state index in [9.17, 15) is 9.59 Å². The first-order valence-corrected chi connectivity index (χ1v) is 7.76. The third-order valence-corrected chi connectivity index (χ3v) is 4.81. The molecule has 1 aliphatic heterocycles. The lowest BCUT2D eigenvalue weighted by atomic mass is 9.94. The van der Waals surface area contributed by atoms with Crippen LogP contribution in [-0.4, -0.2) is 54.9 Å². The van der Waals surface area contributed by atoms with E-state index in [0.29, 0.717) is 26.2 Å². The minimum Gasteiger partial charge on any atom is -0.497 e. The molecule has 0 bridgehead atoms. The average Bonchev–Trinajstić information content (AvgIpc) is 3.36. The van der Waals surface area contributed by atoms with Crippen LogP contribution in [0.25, 0.3) is 0 Å². The molecule has 0 N–H and O–H groups in total. The number of carbonyl (C=O) groups excluding carboxylic acids is 2. The van der Waals surface area contributed by atoms with E-state index in [-0.39, 0.29) is 17.2 Å². The van der Waals surface area contributed by atoms with E-state index in [1.807, 2.05) is 29.2 Å². The van der Waals surface area contributed by atoms with E-state index < -0.39 is 0 Å². The fourth-order valence-corrected chi connectivity index (χ4v) is 3.19. The van der Waals surface area contributed by atoms with Crippen LogP contribution >= 0.6 is 0 Å². The van der Waals surface area contributed by atoms with E-state index in [0.717, 1.165) is 24.2 Å². The maximum absolute atomic E-state index is 12.9. The smallest absolute Gasteiger partial charge is 0.233 e. The van der Waals surface area contributed by atoms with E-state index in [2.05, 4.69) is 0 Å². The van der Waals surface area contributed by atoms with Crippen molar-refractivity contribution in [2.24, 2.45) is 0 Å². The number of ether oxygens (including phenoxy) is 1. The van der Waals surface area contributed by atoms with Gasteiger partial charge in [0.1, 0.15) is 5.75 Å². The summed E-state index contributed by atoms with van der Waals surface area (Å²) in [6.45, 7) is 4.13. The molecule has 1 aromatic rings. The summed E-state index contributed by atoms with van der Waals surface area (Å²) in [7, 11) is 1.64. The number of methoxy groups -OCH3 is 1. The molecule has 1 saturated carbocycles. The molecule has 118 valence electrons. The largest absolute Gasteiger partial charge is 0.497 e. The van der Waals surface area contributed by atoms with Crippen LogP contribution in [-0.2, 0) is 15.0 Å². The van der Waals surface area contributed by atoms with Gasteiger partial charge in [0.05, 0.1) is 12.5 Å². The summed E-state index contributed by atoms with van der Waals surface area (Å²) in [5, 5.41) is 0. The zero-order chi connectivity index (χ0) is 15.7. The highest BCUT2D eigenvalue weighted by Crippen LogP contribution is 2.50. The van der Waals surface area contributed by atoms with Gasteiger partial charge in [0.15, 0.2) is 0 Å². The predicted octanol–water partition coefficient (Wildman–Crippen LogP) is 1.42. The summed E-state index contributed by atoms with van der Waals surface area (Å²) in [5.74, 6) is 1.10. The van der Waals surface area contributed by atoms with Crippen molar-refractivity contribution in [1.82, 2.24) is 9.80 Å². The molecule has 0 aromatic heterocycles. The highest BCUT2D eigenvalue weighted by Gasteiger charge is 2.53. The number of nitrogens with zero attached hydrogens (tertiary/aromatic N) is 2.